The van der Waals surface area contributed by atoms with Gasteiger partial charge in [0, 0.05) is 13.0 Å². The summed E-state index contributed by atoms with van der Waals surface area (Å²) in [4.78, 5) is 52.3. The molecule has 35 heavy (non-hydrogen) atoms. The smallest absolute Gasteiger partial charge is 0.326 e. The van der Waals surface area contributed by atoms with Crippen LogP contribution in [0.25, 0.3) is 0 Å². The molecule has 194 valence electrons. The molecule has 1 heterocycles. The molecule has 1 aliphatic heterocycles. The molecule has 4 unspecified atom stereocenters. The number of nitrogens with zero attached hydrogens (tertiary/aromatic N) is 1. The molecule has 10 nitrogen and oxygen atoms in total. The van der Waals surface area contributed by atoms with Gasteiger partial charge >= 0.3 is 5.97 Å². The zero-order valence-electron chi connectivity index (χ0n) is 20.6. The number of amides is 3. The molecule has 3 amide bonds. The van der Waals surface area contributed by atoms with Crippen LogP contribution in [0, 0.1) is 5.92 Å². The van der Waals surface area contributed by atoms with E-state index in [-0.39, 0.29) is 12.3 Å². The van der Waals surface area contributed by atoms with E-state index in [9.17, 15) is 24.3 Å². The number of hydrogen-bond acceptors (Lipinski definition) is 6. The van der Waals surface area contributed by atoms with Gasteiger partial charge in [0.15, 0.2) is 0 Å². The third kappa shape index (κ3) is 8.32. The van der Waals surface area contributed by atoms with Gasteiger partial charge < -0.3 is 32.1 Å². The predicted molar refractivity (Wildman–Crippen MR) is 132 cm³/mol. The summed E-state index contributed by atoms with van der Waals surface area (Å²) in [7, 11) is 0. The van der Waals surface area contributed by atoms with Crippen molar-refractivity contribution in [1.29, 1.82) is 0 Å². The first-order valence-electron chi connectivity index (χ1n) is 12.3. The second-order valence-corrected chi connectivity index (χ2v) is 9.39. The van der Waals surface area contributed by atoms with E-state index in [4.69, 9.17) is 11.5 Å². The van der Waals surface area contributed by atoms with Gasteiger partial charge in [-0.1, -0.05) is 44.2 Å². The topological polar surface area (TPSA) is 168 Å². The number of unbranched alkanes of at least 4 members (excludes halogenated alkanes) is 1. The average molecular weight is 490 g/mol. The number of likely N-dealkylation sites (tertiary alicyclic amines) is 1. The predicted octanol–water partition coefficient (Wildman–Crippen LogP) is 0.387. The molecule has 0 radical (unpaired) electrons. The Balaban J connectivity index is 2.23. The number of benzene rings is 1. The lowest BCUT2D eigenvalue weighted by Gasteiger charge is -2.29. The molecule has 1 fully saturated rings. The number of carboxylic acid groups (broad SMARTS) is 1. The van der Waals surface area contributed by atoms with Gasteiger partial charge in [-0.15, -0.1) is 0 Å². The van der Waals surface area contributed by atoms with Gasteiger partial charge in [0.2, 0.25) is 17.7 Å². The minimum atomic E-state index is -1.06. The van der Waals surface area contributed by atoms with Crippen LogP contribution < -0.4 is 22.1 Å². The molecule has 4 atom stereocenters. The highest BCUT2D eigenvalue weighted by molar-refractivity contribution is 5.94. The normalized spacial score (nSPS) is 18.1. The molecule has 0 bridgehead atoms. The number of hydrogen-bond donors (Lipinski definition) is 5. The third-order valence-electron chi connectivity index (χ3n) is 6.32. The maximum Gasteiger partial charge on any atom is 0.326 e. The van der Waals surface area contributed by atoms with Crippen molar-refractivity contribution >= 4 is 23.7 Å². The Morgan fingerprint density at radius 3 is 2.31 bits per heavy atom. The lowest BCUT2D eigenvalue weighted by Crippen LogP contribution is -2.58. The number of carbonyl (C=O) groups is 4. The molecule has 1 aliphatic rings. The zero-order chi connectivity index (χ0) is 26.0. The molecule has 0 aromatic heterocycles. The lowest BCUT2D eigenvalue weighted by molar-refractivity contribution is -0.149. The van der Waals surface area contributed by atoms with Gasteiger partial charge in [-0.3, -0.25) is 14.4 Å². The molecule has 1 saturated heterocycles. The van der Waals surface area contributed by atoms with Crippen LogP contribution in [-0.2, 0) is 25.6 Å². The number of aliphatic carboxylic acids is 1. The standard InChI is InChI=1S/C25H39N5O5/c1-16(2)21(27)23(32)29-19(15-17-9-4-3-5-10-17)22(31)28-18(11-6-7-13-26)24(33)30-14-8-12-20(30)25(34)35/h3-5,9-10,16,18-21H,6-8,11-15,26-27H2,1-2H3,(H,28,31)(H,29,32)(H,34,35). The van der Waals surface area contributed by atoms with Gasteiger partial charge in [-0.2, -0.15) is 0 Å². The fourth-order valence-corrected chi connectivity index (χ4v) is 4.14. The van der Waals surface area contributed by atoms with Crippen molar-refractivity contribution in [1.82, 2.24) is 15.5 Å². The fourth-order valence-electron chi connectivity index (χ4n) is 4.14. The number of nitrogens with one attached hydrogen (secondary N) is 2. The van der Waals surface area contributed by atoms with Crippen molar-refractivity contribution in [2.45, 2.75) is 76.5 Å². The van der Waals surface area contributed by atoms with Crippen LogP contribution in [0.15, 0.2) is 30.3 Å². The van der Waals surface area contributed by atoms with Crippen molar-refractivity contribution in [2.24, 2.45) is 17.4 Å². The second-order valence-electron chi connectivity index (χ2n) is 9.39. The molecule has 0 saturated carbocycles. The summed E-state index contributed by atoms with van der Waals surface area (Å²) in [6, 6.07) is 5.67. The molecule has 10 heteroatoms. The monoisotopic (exact) mass is 489 g/mol. The summed E-state index contributed by atoms with van der Waals surface area (Å²) in [5.41, 5.74) is 12.4. The van der Waals surface area contributed by atoms with E-state index in [0.29, 0.717) is 45.2 Å². The SMILES string of the molecule is CC(C)C(N)C(=O)NC(Cc1ccccc1)C(=O)NC(CCCCN)C(=O)N1CCCC1C(=O)O. The molecule has 2 rings (SSSR count). The van der Waals surface area contributed by atoms with Crippen LogP contribution in [-0.4, -0.2) is 71.0 Å². The van der Waals surface area contributed by atoms with E-state index in [1.54, 1.807) is 0 Å². The molecule has 1 aromatic carbocycles. The van der Waals surface area contributed by atoms with Gasteiger partial charge in [-0.25, -0.2) is 4.79 Å². The van der Waals surface area contributed by atoms with E-state index in [1.807, 2.05) is 44.2 Å². The summed E-state index contributed by atoms with van der Waals surface area (Å²) in [5, 5.41) is 15.0. The summed E-state index contributed by atoms with van der Waals surface area (Å²) in [6.45, 7) is 4.40. The molecular formula is C25H39N5O5. The van der Waals surface area contributed by atoms with E-state index in [1.165, 1.54) is 4.90 Å². The van der Waals surface area contributed by atoms with Gasteiger partial charge in [-0.05, 0) is 50.1 Å². The quantitative estimate of drug-likeness (QED) is 0.250. The number of rotatable bonds is 13. The van der Waals surface area contributed by atoms with Crippen LogP contribution in [0.2, 0.25) is 0 Å². The molecule has 7 N–H and O–H groups in total. The number of nitrogens with two attached hydrogens (primary N) is 2. The summed E-state index contributed by atoms with van der Waals surface area (Å²) in [5.74, 6) is -2.57. The van der Waals surface area contributed by atoms with Crippen molar-refractivity contribution in [2.75, 3.05) is 13.1 Å². The van der Waals surface area contributed by atoms with E-state index in [0.717, 1.165) is 5.56 Å². The Bertz CT molecular complexity index is 863. The fraction of sp³-hybridized carbons (Fsp3) is 0.600. The maximum absolute atomic E-state index is 13.4. The van der Waals surface area contributed by atoms with Crippen LogP contribution in [0.1, 0.15) is 51.5 Å². The minimum Gasteiger partial charge on any atom is -0.480 e. The summed E-state index contributed by atoms with van der Waals surface area (Å²) >= 11 is 0. The van der Waals surface area contributed by atoms with Crippen LogP contribution in [0.3, 0.4) is 0 Å². The highest BCUT2D eigenvalue weighted by Gasteiger charge is 2.38. The Morgan fingerprint density at radius 1 is 1.06 bits per heavy atom. The van der Waals surface area contributed by atoms with Crippen LogP contribution in [0.5, 0.6) is 0 Å². The largest absolute Gasteiger partial charge is 0.480 e. The Hall–Kier alpha value is -2.98. The lowest BCUT2D eigenvalue weighted by atomic mass is 10.0. The maximum atomic E-state index is 13.4. The van der Waals surface area contributed by atoms with Gasteiger partial charge in [0.1, 0.15) is 18.1 Å². The van der Waals surface area contributed by atoms with Crippen molar-refractivity contribution in [3.05, 3.63) is 35.9 Å². The van der Waals surface area contributed by atoms with Crippen LogP contribution in [0.4, 0.5) is 0 Å². The van der Waals surface area contributed by atoms with Crippen molar-refractivity contribution in [3.8, 4) is 0 Å². The van der Waals surface area contributed by atoms with Crippen molar-refractivity contribution in [3.63, 3.8) is 0 Å². The third-order valence-corrected chi connectivity index (χ3v) is 6.32. The molecule has 1 aromatic rings. The van der Waals surface area contributed by atoms with E-state index < -0.39 is 47.9 Å². The zero-order valence-corrected chi connectivity index (χ0v) is 20.6. The summed E-state index contributed by atoms with van der Waals surface area (Å²) < 4.78 is 0. The van der Waals surface area contributed by atoms with E-state index >= 15 is 0 Å². The van der Waals surface area contributed by atoms with Gasteiger partial charge in [0.25, 0.3) is 0 Å². The first-order chi connectivity index (χ1) is 16.6. The Kier molecular flexibility index (Phi) is 11.1. The summed E-state index contributed by atoms with van der Waals surface area (Å²) in [6.07, 6.45) is 2.76. The first-order valence-corrected chi connectivity index (χ1v) is 12.3. The second kappa shape index (κ2) is 13.8. The van der Waals surface area contributed by atoms with Gasteiger partial charge in [0.05, 0.1) is 6.04 Å². The van der Waals surface area contributed by atoms with Crippen molar-refractivity contribution < 1.29 is 24.3 Å². The number of carboxylic acids is 1. The van der Waals surface area contributed by atoms with E-state index in [2.05, 4.69) is 10.6 Å². The minimum absolute atomic E-state index is 0.121. The molecule has 0 spiro atoms. The Labute approximate surface area is 206 Å². The molecular weight excluding hydrogens is 450 g/mol. The highest BCUT2D eigenvalue weighted by atomic mass is 16.4. The van der Waals surface area contributed by atoms with Crippen LogP contribution >= 0.6 is 0 Å². The highest BCUT2D eigenvalue weighted by Crippen LogP contribution is 2.20. The number of carbonyl (C=O) groups excluding carboxylic acids is 3. The Morgan fingerprint density at radius 2 is 1.71 bits per heavy atom. The first kappa shape index (κ1) is 28.3. The average Bonchev–Trinajstić information content (AvgIpc) is 3.33. The molecule has 0 aliphatic carbocycles.